The van der Waals surface area contributed by atoms with Gasteiger partial charge in [-0.3, -0.25) is 4.99 Å². The van der Waals surface area contributed by atoms with E-state index in [1.54, 1.807) is 0 Å². The van der Waals surface area contributed by atoms with E-state index in [-0.39, 0.29) is 6.04 Å². The molecule has 0 amide bonds. The predicted octanol–water partition coefficient (Wildman–Crippen LogP) is 5.55. The molecular formula is C20H16ClN. The molecule has 3 rings (SSSR count). The van der Waals surface area contributed by atoms with E-state index in [2.05, 4.69) is 24.3 Å². The zero-order valence-corrected chi connectivity index (χ0v) is 12.8. The van der Waals surface area contributed by atoms with Crippen molar-refractivity contribution < 1.29 is 0 Å². The van der Waals surface area contributed by atoms with E-state index >= 15 is 0 Å². The number of halogens is 1. The lowest BCUT2D eigenvalue weighted by Gasteiger charge is -2.13. The Morgan fingerprint density at radius 1 is 0.682 bits per heavy atom. The van der Waals surface area contributed by atoms with E-state index in [4.69, 9.17) is 16.6 Å². The van der Waals surface area contributed by atoms with Crippen LogP contribution in [0.1, 0.15) is 22.7 Å². The van der Waals surface area contributed by atoms with Crippen LogP contribution in [-0.2, 0) is 0 Å². The molecule has 3 aromatic rings. The van der Waals surface area contributed by atoms with Crippen molar-refractivity contribution in [2.24, 2.45) is 4.99 Å². The summed E-state index contributed by atoms with van der Waals surface area (Å²) in [4.78, 5) is 4.80. The monoisotopic (exact) mass is 305 g/mol. The first kappa shape index (κ1) is 14.6. The van der Waals surface area contributed by atoms with Crippen molar-refractivity contribution in [3.05, 3.63) is 107 Å². The number of rotatable bonds is 4. The highest BCUT2D eigenvalue weighted by molar-refractivity contribution is 6.30. The summed E-state index contributed by atoms with van der Waals surface area (Å²) in [6, 6.07) is 28.4. The van der Waals surface area contributed by atoms with Crippen LogP contribution in [0, 0.1) is 0 Å². The molecule has 0 heterocycles. The van der Waals surface area contributed by atoms with Crippen molar-refractivity contribution >= 4 is 17.8 Å². The fourth-order valence-corrected chi connectivity index (χ4v) is 2.47. The van der Waals surface area contributed by atoms with Crippen molar-refractivity contribution in [1.29, 1.82) is 0 Å². The van der Waals surface area contributed by atoms with Gasteiger partial charge in [-0.2, -0.15) is 0 Å². The van der Waals surface area contributed by atoms with E-state index in [1.807, 2.05) is 66.9 Å². The molecule has 0 unspecified atom stereocenters. The Labute approximate surface area is 135 Å². The molecule has 0 spiro atoms. The van der Waals surface area contributed by atoms with E-state index < -0.39 is 0 Å². The highest BCUT2D eigenvalue weighted by Gasteiger charge is 2.11. The zero-order chi connectivity index (χ0) is 15.2. The normalized spacial score (nSPS) is 11.2. The van der Waals surface area contributed by atoms with Gasteiger partial charge in [0.1, 0.15) is 0 Å². The Hall–Kier alpha value is -2.38. The fourth-order valence-electron chi connectivity index (χ4n) is 2.34. The van der Waals surface area contributed by atoms with Crippen LogP contribution in [0.3, 0.4) is 0 Å². The van der Waals surface area contributed by atoms with Crippen molar-refractivity contribution in [2.45, 2.75) is 6.04 Å². The fraction of sp³-hybridized carbons (Fsp3) is 0.0500. The van der Waals surface area contributed by atoms with Gasteiger partial charge in [-0.15, -0.1) is 0 Å². The zero-order valence-electron chi connectivity index (χ0n) is 12.1. The Bertz CT molecular complexity index is 694. The maximum absolute atomic E-state index is 5.92. The van der Waals surface area contributed by atoms with Crippen LogP contribution in [0.2, 0.25) is 5.02 Å². The van der Waals surface area contributed by atoms with Crippen LogP contribution < -0.4 is 0 Å². The molecule has 1 nitrogen and oxygen atoms in total. The van der Waals surface area contributed by atoms with Crippen molar-refractivity contribution in [3.8, 4) is 0 Å². The van der Waals surface area contributed by atoms with E-state index in [0.717, 1.165) is 10.6 Å². The second kappa shape index (κ2) is 7.06. The molecule has 0 aliphatic rings. The van der Waals surface area contributed by atoms with Crippen LogP contribution in [0.4, 0.5) is 0 Å². The molecule has 0 aliphatic heterocycles. The first-order valence-corrected chi connectivity index (χ1v) is 7.59. The van der Waals surface area contributed by atoms with Crippen molar-refractivity contribution in [2.75, 3.05) is 0 Å². The quantitative estimate of drug-likeness (QED) is 0.560. The molecule has 0 N–H and O–H groups in total. The molecule has 108 valence electrons. The van der Waals surface area contributed by atoms with Crippen molar-refractivity contribution in [1.82, 2.24) is 0 Å². The summed E-state index contributed by atoms with van der Waals surface area (Å²) in [5.41, 5.74) is 3.40. The molecule has 0 saturated carbocycles. The molecule has 0 aliphatic carbocycles. The molecule has 0 aromatic heterocycles. The molecule has 0 atom stereocenters. The maximum Gasteiger partial charge on any atom is 0.0999 e. The first-order valence-electron chi connectivity index (χ1n) is 7.21. The van der Waals surface area contributed by atoms with Crippen LogP contribution in [-0.4, -0.2) is 6.21 Å². The smallest absolute Gasteiger partial charge is 0.0999 e. The minimum Gasteiger partial charge on any atom is -0.280 e. The largest absolute Gasteiger partial charge is 0.280 e. The third-order valence-corrected chi connectivity index (χ3v) is 3.73. The van der Waals surface area contributed by atoms with Gasteiger partial charge in [0.05, 0.1) is 6.04 Å². The van der Waals surface area contributed by atoms with Gasteiger partial charge >= 0.3 is 0 Å². The summed E-state index contributed by atoms with van der Waals surface area (Å²) in [6.45, 7) is 0. The third-order valence-electron chi connectivity index (χ3n) is 3.47. The average Bonchev–Trinajstić information content (AvgIpc) is 2.59. The maximum atomic E-state index is 5.92. The lowest BCUT2D eigenvalue weighted by atomic mass is 9.99. The molecule has 0 radical (unpaired) electrons. The number of nitrogens with zero attached hydrogens (tertiary/aromatic N) is 1. The molecular weight excluding hydrogens is 290 g/mol. The first-order chi connectivity index (χ1) is 10.8. The number of benzene rings is 3. The molecule has 0 bridgehead atoms. The average molecular weight is 306 g/mol. The molecule has 0 fully saturated rings. The minimum atomic E-state index is -0.00178. The number of aliphatic imine (C=N–C) groups is 1. The van der Waals surface area contributed by atoms with Gasteiger partial charge in [0.15, 0.2) is 0 Å². The lowest BCUT2D eigenvalue weighted by Crippen LogP contribution is -1.98. The van der Waals surface area contributed by atoms with Crippen molar-refractivity contribution in [3.63, 3.8) is 0 Å². The Kier molecular flexibility index (Phi) is 4.67. The number of hydrogen-bond acceptors (Lipinski definition) is 1. The summed E-state index contributed by atoms with van der Waals surface area (Å²) >= 11 is 5.92. The predicted molar refractivity (Wildman–Crippen MR) is 93.8 cm³/mol. The third kappa shape index (κ3) is 3.63. The minimum absolute atomic E-state index is 0.00178. The van der Waals surface area contributed by atoms with Gasteiger partial charge in [0, 0.05) is 11.2 Å². The van der Waals surface area contributed by atoms with Gasteiger partial charge in [-0.1, -0.05) is 84.4 Å². The van der Waals surface area contributed by atoms with Gasteiger partial charge in [-0.25, -0.2) is 0 Å². The second-order valence-electron chi connectivity index (χ2n) is 5.05. The Balaban J connectivity index is 1.94. The SMILES string of the molecule is Clc1ccc(C=NC(c2ccccc2)c2ccccc2)cc1. The Morgan fingerprint density at radius 2 is 1.18 bits per heavy atom. The summed E-state index contributed by atoms with van der Waals surface area (Å²) < 4.78 is 0. The van der Waals surface area contributed by atoms with E-state index in [0.29, 0.717) is 0 Å². The van der Waals surface area contributed by atoms with Crippen LogP contribution >= 0.6 is 11.6 Å². The van der Waals surface area contributed by atoms with Crippen LogP contribution in [0.15, 0.2) is 89.9 Å². The van der Waals surface area contributed by atoms with Gasteiger partial charge < -0.3 is 0 Å². The highest BCUT2D eigenvalue weighted by Crippen LogP contribution is 2.25. The molecule has 2 heteroatoms. The lowest BCUT2D eigenvalue weighted by molar-refractivity contribution is 0.878. The summed E-state index contributed by atoms with van der Waals surface area (Å²) in [7, 11) is 0. The summed E-state index contributed by atoms with van der Waals surface area (Å²) in [5, 5.41) is 0.736. The van der Waals surface area contributed by atoms with E-state index in [1.165, 1.54) is 11.1 Å². The van der Waals surface area contributed by atoms with Crippen LogP contribution in [0.5, 0.6) is 0 Å². The van der Waals surface area contributed by atoms with Gasteiger partial charge in [0.2, 0.25) is 0 Å². The summed E-state index contributed by atoms with van der Waals surface area (Å²) in [5.74, 6) is 0. The summed E-state index contributed by atoms with van der Waals surface area (Å²) in [6.07, 6.45) is 1.90. The second-order valence-corrected chi connectivity index (χ2v) is 5.49. The molecule has 3 aromatic carbocycles. The topological polar surface area (TPSA) is 12.4 Å². The number of hydrogen-bond donors (Lipinski definition) is 0. The molecule has 0 saturated heterocycles. The van der Waals surface area contributed by atoms with Gasteiger partial charge in [-0.05, 0) is 28.8 Å². The molecule has 22 heavy (non-hydrogen) atoms. The van der Waals surface area contributed by atoms with Crippen LogP contribution in [0.25, 0.3) is 0 Å². The highest BCUT2D eigenvalue weighted by atomic mass is 35.5. The van der Waals surface area contributed by atoms with E-state index in [9.17, 15) is 0 Å². The van der Waals surface area contributed by atoms with Gasteiger partial charge in [0.25, 0.3) is 0 Å². The Morgan fingerprint density at radius 3 is 1.68 bits per heavy atom. The standard InChI is InChI=1S/C20H16ClN/c21-19-13-11-16(12-14-19)15-22-20(17-7-3-1-4-8-17)18-9-5-2-6-10-18/h1-15,20H.